The van der Waals surface area contributed by atoms with Crippen molar-refractivity contribution in [2.45, 2.75) is 27.2 Å². The average molecular weight is 287 g/mol. The maximum atomic E-state index is 12.5. The summed E-state index contributed by atoms with van der Waals surface area (Å²) < 4.78 is 0. The Kier molecular flexibility index (Phi) is 8.96. The van der Waals surface area contributed by atoms with Crippen LogP contribution in [0.4, 0.5) is 4.79 Å². The molecule has 0 atom stereocenters. The number of carboxylic acids is 1. The van der Waals surface area contributed by atoms with E-state index in [0.717, 1.165) is 13.0 Å². The van der Waals surface area contributed by atoms with Crippen LogP contribution in [0.1, 0.15) is 27.2 Å². The number of hydrogen-bond donors (Lipinski definition) is 1. The van der Waals surface area contributed by atoms with Gasteiger partial charge in [-0.3, -0.25) is 4.79 Å². The number of amides is 2. The normalized spacial score (nSPS) is 10.9. The van der Waals surface area contributed by atoms with Gasteiger partial charge >= 0.3 is 12.0 Å². The molecule has 0 aromatic heterocycles. The first-order chi connectivity index (χ1) is 9.27. The van der Waals surface area contributed by atoms with Gasteiger partial charge in [0.05, 0.1) is 0 Å². The van der Waals surface area contributed by atoms with Gasteiger partial charge in [0, 0.05) is 26.2 Å². The number of rotatable bonds is 9. The molecule has 0 aliphatic carbocycles. The average Bonchev–Trinajstić information content (AvgIpc) is 2.32. The van der Waals surface area contributed by atoms with Gasteiger partial charge in [0.1, 0.15) is 6.54 Å². The molecule has 1 N–H and O–H groups in total. The summed E-state index contributed by atoms with van der Waals surface area (Å²) in [6.07, 6.45) is 0.752. The van der Waals surface area contributed by atoms with Crippen LogP contribution in [0.3, 0.4) is 0 Å². The summed E-state index contributed by atoms with van der Waals surface area (Å²) in [6.45, 7) is 8.32. The Bertz CT molecular complexity index is 306. The molecule has 0 aromatic carbocycles. The molecule has 0 aliphatic rings. The highest BCUT2D eigenvalue weighted by molar-refractivity contribution is 5.80. The van der Waals surface area contributed by atoms with Crippen molar-refractivity contribution in [2.24, 2.45) is 5.92 Å². The van der Waals surface area contributed by atoms with Crippen LogP contribution in [0.25, 0.3) is 0 Å². The summed E-state index contributed by atoms with van der Waals surface area (Å²) in [4.78, 5) is 28.6. The maximum absolute atomic E-state index is 12.5. The second-order valence-electron chi connectivity index (χ2n) is 5.74. The van der Waals surface area contributed by atoms with Crippen LogP contribution < -0.4 is 0 Å². The minimum Gasteiger partial charge on any atom is -0.480 e. The summed E-state index contributed by atoms with van der Waals surface area (Å²) >= 11 is 0. The van der Waals surface area contributed by atoms with E-state index in [4.69, 9.17) is 5.11 Å². The van der Waals surface area contributed by atoms with Crippen molar-refractivity contribution in [3.63, 3.8) is 0 Å². The van der Waals surface area contributed by atoms with Gasteiger partial charge in [-0.05, 0) is 26.4 Å². The molecule has 20 heavy (non-hydrogen) atoms. The largest absolute Gasteiger partial charge is 0.480 e. The summed E-state index contributed by atoms with van der Waals surface area (Å²) in [5, 5.41) is 8.92. The molecular formula is C14H29N3O3. The van der Waals surface area contributed by atoms with Gasteiger partial charge in [0.25, 0.3) is 0 Å². The standard InChI is InChI=1S/C14H29N3O3/c1-6-7-16(11-13(18)19)14(20)17(10-12(2)3)9-8-15(4)5/h12H,6-11H2,1-5H3,(H,18,19). The second-order valence-corrected chi connectivity index (χ2v) is 5.74. The van der Waals surface area contributed by atoms with Crippen LogP contribution in [0.15, 0.2) is 0 Å². The van der Waals surface area contributed by atoms with Crippen LogP contribution >= 0.6 is 0 Å². The number of carbonyl (C=O) groups is 2. The zero-order valence-electron chi connectivity index (χ0n) is 13.4. The first kappa shape index (κ1) is 18.7. The van der Waals surface area contributed by atoms with Gasteiger partial charge in [0.2, 0.25) is 0 Å². The SMILES string of the molecule is CCCN(CC(=O)O)C(=O)N(CCN(C)C)CC(C)C. The molecule has 0 heterocycles. The predicted octanol–water partition coefficient (Wildman–Crippen LogP) is 1.42. The molecule has 0 aromatic rings. The van der Waals surface area contributed by atoms with Gasteiger partial charge in [-0.25, -0.2) is 4.79 Å². The molecule has 0 bridgehead atoms. The van der Waals surface area contributed by atoms with E-state index in [-0.39, 0.29) is 12.6 Å². The predicted molar refractivity (Wildman–Crippen MR) is 79.9 cm³/mol. The fraction of sp³-hybridized carbons (Fsp3) is 0.857. The minimum absolute atomic E-state index is 0.176. The number of hydrogen-bond acceptors (Lipinski definition) is 3. The maximum Gasteiger partial charge on any atom is 0.323 e. The van der Waals surface area contributed by atoms with Gasteiger partial charge < -0.3 is 19.8 Å². The Morgan fingerprint density at radius 1 is 1.05 bits per heavy atom. The summed E-state index contributed by atoms with van der Waals surface area (Å²) in [7, 11) is 3.91. The number of urea groups is 1. The molecule has 0 unspecified atom stereocenters. The molecule has 0 spiro atoms. The van der Waals surface area contributed by atoms with Gasteiger partial charge in [-0.1, -0.05) is 20.8 Å². The van der Waals surface area contributed by atoms with Crippen molar-refractivity contribution in [1.29, 1.82) is 0 Å². The van der Waals surface area contributed by atoms with Crippen molar-refractivity contribution >= 4 is 12.0 Å². The van der Waals surface area contributed by atoms with Crippen LogP contribution in [0.5, 0.6) is 0 Å². The van der Waals surface area contributed by atoms with Gasteiger partial charge in [-0.15, -0.1) is 0 Å². The molecular weight excluding hydrogens is 258 g/mol. The van der Waals surface area contributed by atoms with E-state index in [1.807, 2.05) is 25.9 Å². The van der Waals surface area contributed by atoms with E-state index < -0.39 is 5.97 Å². The zero-order valence-corrected chi connectivity index (χ0v) is 13.4. The summed E-state index contributed by atoms with van der Waals surface area (Å²) in [5.41, 5.74) is 0. The van der Waals surface area contributed by atoms with Crippen molar-refractivity contribution in [2.75, 3.05) is 46.8 Å². The van der Waals surface area contributed by atoms with Crippen molar-refractivity contribution < 1.29 is 14.7 Å². The number of likely N-dealkylation sites (N-methyl/N-ethyl adjacent to an activating group) is 1. The lowest BCUT2D eigenvalue weighted by atomic mass is 10.2. The smallest absolute Gasteiger partial charge is 0.323 e. The van der Waals surface area contributed by atoms with Crippen molar-refractivity contribution in [1.82, 2.24) is 14.7 Å². The lowest BCUT2D eigenvalue weighted by Gasteiger charge is -2.31. The van der Waals surface area contributed by atoms with E-state index in [0.29, 0.717) is 25.6 Å². The van der Waals surface area contributed by atoms with Crippen LogP contribution in [-0.2, 0) is 4.79 Å². The highest BCUT2D eigenvalue weighted by atomic mass is 16.4. The summed E-state index contributed by atoms with van der Waals surface area (Å²) in [5.74, 6) is -0.613. The number of carbonyl (C=O) groups excluding carboxylic acids is 1. The van der Waals surface area contributed by atoms with Gasteiger partial charge in [-0.2, -0.15) is 0 Å². The number of nitrogens with zero attached hydrogens (tertiary/aromatic N) is 3. The van der Waals surface area contributed by atoms with Crippen LogP contribution in [0.2, 0.25) is 0 Å². The van der Waals surface area contributed by atoms with E-state index in [9.17, 15) is 9.59 Å². The third-order valence-corrected chi connectivity index (χ3v) is 2.76. The molecule has 0 saturated carbocycles. The Morgan fingerprint density at radius 2 is 1.65 bits per heavy atom. The second kappa shape index (κ2) is 9.58. The van der Waals surface area contributed by atoms with Crippen LogP contribution in [0, 0.1) is 5.92 Å². The number of aliphatic carboxylic acids is 1. The first-order valence-corrected chi connectivity index (χ1v) is 7.18. The Hall–Kier alpha value is -1.30. The Balaban J connectivity index is 4.80. The lowest BCUT2D eigenvalue weighted by molar-refractivity contribution is -0.137. The topological polar surface area (TPSA) is 64.1 Å². The monoisotopic (exact) mass is 287 g/mol. The highest BCUT2D eigenvalue weighted by Crippen LogP contribution is 2.05. The summed E-state index contributed by atoms with van der Waals surface area (Å²) in [6, 6.07) is -0.176. The Labute approximate surface area is 122 Å². The molecule has 0 aliphatic heterocycles. The lowest BCUT2D eigenvalue weighted by Crippen LogP contribution is -2.48. The number of carboxylic acid groups (broad SMARTS) is 1. The Morgan fingerprint density at radius 3 is 2.05 bits per heavy atom. The molecule has 0 saturated heterocycles. The first-order valence-electron chi connectivity index (χ1n) is 7.18. The van der Waals surface area contributed by atoms with E-state index >= 15 is 0 Å². The molecule has 6 nitrogen and oxygen atoms in total. The molecule has 0 fully saturated rings. The molecule has 118 valence electrons. The highest BCUT2D eigenvalue weighted by Gasteiger charge is 2.22. The van der Waals surface area contributed by atoms with Crippen molar-refractivity contribution in [3.8, 4) is 0 Å². The third kappa shape index (κ3) is 7.99. The quantitative estimate of drug-likeness (QED) is 0.696. The van der Waals surface area contributed by atoms with Gasteiger partial charge in [0.15, 0.2) is 0 Å². The molecule has 2 amide bonds. The zero-order chi connectivity index (χ0) is 15.7. The fourth-order valence-electron chi connectivity index (χ4n) is 1.90. The minimum atomic E-state index is -0.969. The van der Waals surface area contributed by atoms with E-state index in [1.54, 1.807) is 4.90 Å². The molecule has 0 rings (SSSR count). The molecule has 6 heteroatoms. The van der Waals surface area contributed by atoms with E-state index in [1.165, 1.54) is 4.90 Å². The van der Waals surface area contributed by atoms with Crippen LogP contribution in [-0.4, -0.2) is 78.6 Å². The molecule has 0 radical (unpaired) electrons. The van der Waals surface area contributed by atoms with Crippen molar-refractivity contribution in [3.05, 3.63) is 0 Å². The third-order valence-electron chi connectivity index (χ3n) is 2.76. The van der Waals surface area contributed by atoms with E-state index in [2.05, 4.69) is 13.8 Å². The fourth-order valence-corrected chi connectivity index (χ4v) is 1.90.